The first kappa shape index (κ1) is 19.6. The molecule has 4 rings (SSSR count). The SMILES string of the molecule is CC1(c2ccccc2)NC(=O)N(NC(=O)CSc2nnc(-c3ccccc3)o2)C1=O. The van der Waals surface area contributed by atoms with Crippen molar-refractivity contribution >= 4 is 29.6 Å². The van der Waals surface area contributed by atoms with Gasteiger partial charge in [0, 0.05) is 5.56 Å². The zero-order valence-corrected chi connectivity index (χ0v) is 16.7. The van der Waals surface area contributed by atoms with Crippen LogP contribution in [0.5, 0.6) is 0 Å². The zero-order chi connectivity index (χ0) is 21.1. The molecule has 2 N–H and O–H groups in total. The number of amides is 4. The molecular formula is C20H17N5O4S. The third-order valence-electron chi connectivity index (χ3n) is 4.53. The Kier molecular flexibility index (Phi) is 5.23. The van der Waals surface area contributed by atoms with Crippen molar-refractivity contribution in [3.63, 3.8) is 0 Å². The molecule has 1 aliphatic rings. The van der Waals surface area contributed by atoms with E-state index in [4.69, 9.17) is 4.42 Å². The number of hydrogen-bond donors (Lipinski definition) is 2. The fourth-order valence-electron chi connectivity index (χ4n) is 2.96. The summed E-state index contributed by atoms with van der Waals surface area (Å²) in [5.74, 6) is -0.900. The van der Waals surface area contributed by atoms with Crippen molar-refractivity contribution < 1.29 is 18.8 Å². The minimum atomic E-state index is -1.25. The number of carbonyl (C=O) groups excluding carboxylic acids is 3. The van der Waals surface area contributed by atoms with Gasteiger partial charge < -0.3 is 9.73 Å². The lowest BCUT2D eigenvalue weighted by Crippen LogP contribution is -2.48. The van der Waals surface area contributed by atoms with E-state index in [0.717, 1.165) is 17.3 Å². The van der Waals surface area contributed by atoms with Gasteiger partial charge in [0.25, 0.3) is 11.1 Å². The van der Waals surface area contributed by atoms with E-state index in [2.05, 4.69) is 20.9 Å². The minimum Gasteiger partial charge on any atom is -0.411 e. The molecule has 0 radical (unpaired) electrons. The average Bonchev–Trinajstić information content (AvgIpc) is 3.33. The highest BCUT2D eigenvalue weighted by molar-refractivity contribution is 7.99. The number of hydrazine groups is 1. The summed E-state index contributed by atoms with van der Waals surface area (Å²) in [6, 6.07) is 17.4. The van der Waals surface area contributed by atoms with Crippen LogP contribution < -0.4 is 10.7 Å². The van der Waals surface area contributed by atoms with Gasteiger partial charge in [-0.05, 0) is 24.6 Å². The van der Waals surface area contributed by atoms with Gasteiger partial charge in [-0.2, -0.15) is 5.01 Å². The van der Waals surface area contributed by atoms with E-state index in [1.54, 1.807) is 31.2 Å². The van der Waals surface area contributed by atoms with Gasteiger partial charge in [-0.1, -0.05) is 60.3 Å². The van der Waals surface area contributed by atoms with Crippen molar-refractivity contribution in [2.75, 3.05) is 5.75 Å². The highest BCUT2D eigenvalue weighted by atomic mass is 32.2. The van der Waals surface area contributed by atoms with Crippen molar-refractivity contribution in [2.24, 2.45) is 0 Å². The highest BCUT2D eigenvalue weighted by Crippen LogP contribution is 2.28. The first-order valence-corrected chi connectivity index (χ1v) is 9.99. The summed E-state index contributed by atoms with van der Waals surface area (Å²) >= 11 is 1.00. The van der Waals surface area contributed by atoms with E-state index in [1.807, 2.05) is 36.4 Å². The molecule has 0 spiro atoms. The topological polar surface area (TPSA) is 117 Å². The van der Waals surface area contributed by atoms with Crippen molar-refractivity contribution in [3.8, 4) is 11.5 Å². The van der Waals surface area contributed by atoms with Crippen LogP contribution >= 0.6 is 11.8 Å². The van der Waals surface area contributed by atoms with Crippen molar-refractivity contribution in [1.82, 2.24) is 25.9 Å². The molecular weight excluding hydrogens is 406 g/mol. The van der Waals surface area contributed by atoms with Crippen LogP contribution in [0, 0.1) is 0 Å². The molecule has 1 atom stereocenters. The Balaban J connectivity index is 1.37. The first-order chi connectivity index (χ1) is 14.5. The molecule has 2 heterocycles. The Morgan fingerprint density at radius 1 is 1.10 bits per heavy atom. The maximum atomic E-state index is 12.8. The van der Waals surface area contributed by atoms with Crippen LogP contribution in [0.4, 0.5) is 4.79 Å². The lowest BCUT2D eigenvalue weighted by molar-refractivity contribution is -0.138. The van der Waals surface area contributed by atoms with Crippen LogP contribution in [-0.2, 0) is 15.1 Å². The summed E-state index contributed by atoms with van der Waals surface area (Å²) in [5.41, 5.74) is 2.46. The van der Waals surface area contributed by atoms with Crippen LogP contribution in [0.15, 0.2) is 70.3 Å². The molecule has 152 valence electrons. The number of benzene rings is 2. The molecule has 2 aromatic carbocycles. The summed E-state index contributed by atoms with van der Waals surface area (Å²) in [6.45, 7) is 1.59. The Morgan fingerprint density at radius 2 is 1.77 bits per heavy atom. The second-order valence-electron chi connectivity index (χ2n) is 6.62. The number of nitrogens with one attached hydrogen (secondary N) is 2. The van der Waals surface area contributed by atoms with Gasteiger partial charge in [0.05, 0.1) is 5.75 Å². The van der Waals surface area contributed by atoms with E-state index < -0.39 is 23.4 Å². The number of aromatic nitrogens is 2. The highest BCUT2D eigenvalue weighted by Gasteiger charge is 2.49. The molecule has 0 bridgehead atoms. The Bertz CT molecular complexity index is 1090. The van der Waals surface area contributed by atoms with Crippen molar-refractivity contribution in [3.05, 3.63) is 66.2 Å². The van der Waals surface area contributed by atoms with Crippen LogP contribution in [0.2, 0.25) is 0 Å². The fraction of sp³-hybridized carbons (Fsp3) is 0.150. The van der Waals surface area contributed by atoms with Crippen molar-refractivity contribution in [2.45, 2.75) is 17.7 Å². The molecule has 1 saturated heterocycles. The van der Waals surface area contributed by atoms with Crippen LogP contribution in [0.1, 0.15) is 12.5 Å². The number of carbonyl (C=O) groups is 3. The van der Waals surface area contributed by atoms with Gasteiger partial charge >= 0.3 is 6.03 Å². The number of rotatable bonds is 6. The molecule has 3 aromatic rings. The molecule has 4 amide bonds. The van der Waals surface area contributed by atoms with Gasteiger partial charge in [-0.15, -0.1) is 10.2 Å². The number of hydrogen-bond acceptors (Lipinski definition) is 7. The first-order valence-electron chi connectivity index (χ1n) is 9.01. The lowest BCUT2D eigenvalue weighted by atomic mass is 9.92. The van der Waals surface area contributed by atoms with E-state index in [9.17, 15) is 14.4 Å². The molecule has 10 heteroatoms. The molecule has 0 saturated carbocycles. The third-order valence-corrected chi connectivity index (χ3v) is 5.35. The maximum absolute atomic E-state index is 12.8. The standard InChI is InChI=1S/C20H17N5O4S/c1-20(14-10-6-3-7-11-14)17(27)25(18(28)21-20)24-15(26)12-30-19-23-22-16(29-19)13-8-4-2-5-9-13/h2-11H,12H2,1H3,(H,21,28)(H,24,26). The number of thioether (sulfide) groups is 1. The molecule has 1 unspecified atom stereocenters. The fourth-order valence-corrected chi connectivity index (χ4v) is 3.51. The van der Waals surface area contributed by atoms with E-state index in [0.29, 0.717) is 16.5 Å². The minimum absolute atomic E-state index is 0.116. The van der Waals surface area contributed by atoms with Crippen LogP contribution in [0.3, 0.4) is 0 Å². The predicted octanol–water partition coefficient (Wildman–Crippen LogP) is 2.33. The Hall–Kier alpha value is -3.66. The summed E-state index contributed by atoms with van der Waals surface area (Å²) in [6.07, 6.45) is 0. The third kappa shape index (κ3) is 3.77. The summed E-state index contributed by atoms with van der Waals surface area (Å²) in [5, 5.41) is 11.4. The number of imide groups is 1. The summed E-state index contributed by atoms with van der Waals surface area (Å²) in [4.78, 5) is 37.4. The lowest BCUT2D eigenvalue weighted by Gasteiger charge is -2.22. The van der Waals surface area contributed by atoms with Crippen LogP contribution in [-0.4, -0.2) is 38.8 Å². The van der Waals surface area contributed by atoms with E-state index in [1.165, 1.54) is 0 Å². The van der Waals surface area contributed by atoms with Gasteiger partial charge in [0.2, 0.25) is 11.8 Å². The van der Waals surface area contributed by atoms with Crippen molar-refractivity contribution in [1.29, 1.82) is 0 Å². The van der Waals surface area contributed by atoms with Gasteiger partial charge in [-0.25, -0.2) is 4.79 Å². The van der Waals surface area contributed by atoms with Crippen LogP contribution in [0.25, 0.3) is 11.5 Å². The molecule has 1 aliphatic heterocycles. The average molecular weight is 423 g/mol. The van der Waals surface area contributed by atoms with Gasteiger partial charge in [0.15, 0.2) is 0 Å². The van der Waals surface area contributed by atoms with E-state index in [-0.39, 0.29) is 11.0 Å². The summed E-state index contributed by atoms with van der Waals surface area (Å²) < 4.78 is 5.52. The molecule has 30 heavy (non-hydrogen) atoms. The number of nitrogens with zero attached hydrogens (tertiary/aromatic N) is 3. The Labute approximate surface area is 175 Å². The summed E-state index contributed by atoms with van der Waals surface area (Å²) in [7, 11) is 0. The van der Waals surface area contributed by atoms with Gasteiger partial charge in [0.1, 0.15) is 5.54 Å². The number of urea groups is 1. The van der Waals surface area contributed by atoms with E-state index >= 15 is 0 Å². The smallest absolute Gasteiger partial charge is 0.344 e. The Morgan fingerprint density at radius 3 is 2.47 bits per heavy atom. The maximum Gasteiger partial charge on any atom is 0.344 e. The second kappa shape index (κ2) is 7.99. The molecule has 1 aromatic heterocycles. The molecule has 9 nitrogen and oxygen atoms in total. The van der Waals surface area contributed by atoms with Gasteiger partial charge in [-0.3, -0.25) is 15.0 Å². The monoisotopic (exact) mass is 423 g/mol. The largest absolute Gasteiger partial charge is 0.411 e. The predicted molar refractivity (Wildman–Crippen MR) is 108 cm³/mol. The normalized spacial score (nSPS) is 18.4. The molecule has 1 fully saturated rings. The zero-order valence-electron chi connectivity index (χ0n) is 15.9. The quantitative estimate of drug-likeness (QED) is 0.461. The second-order valence-corrected chi connectivity index (χ2v) is 7.55. The molecule has 0 aliphatic carbocycles.